The van der Waals surface area contributed by atoms with Gasteiger partial charge < -0.3 is 19.7 Å². The van der Waals surface area contributed by atoms with Gasteiger partial charge >= 0.3 is 0 Å². The number of aromatic nitrogens is 4. The third-order valence-corrected chi connectivity index (χ3v) is 7.14. The third kappa shape index (κ3) is 4.04. The van der Waals surface area contributed by atoms with Gasteiger partial charge in [-0.25, -0.2) is 9.97 Å². The first kappa shape index (κ1) is 20.9. The maximum atomic E-state index is 6.12. The van der Waals surface area contributed by atoms with Gasteiger partial charge in [-0.1, -0.05) is 12.1 Å². The van der Waals surface area contributed by atoms with Crippen LogP contribution in [0.5, 0.6) is 5.75 Å². The van der Waals surface area contributed by atoms with Gasteiger partial charge in [-0.15, -0.1) is 11.3 Å². The summed E-state index contributed by atoms with van der Waals surface area (Å²) in [6.45, 7) is 2.82. The maximum absolute atomic E-state index is 6.12. The number of fused-ring (bicyclic) bond motifs is 2. The van der Waals surface area contributed by atoms with Crippen LogP contribution in [0.3, 0.4) is 0 Å². The van der Waals surface area contributed by atoms with Crippen molar-refractivity contribution in [3.63, 3.8) is 0 Å². The smallest absolute Gasteiger partial charge is 0.226 e. The van der Waals surface area contributed by atoms with E-state index >= 15 is 0 Å². The normalized spacial score (nSPS) is 16.3. The van der Waals surface area contributed by atoms with Gasteiger partial charge in [-0.3, -0.25) is 5.10 Å². The lowest BCUT2D eigenvalue weighted by Crippen LogP contribution is -2.39. The standard InChI is InChI=1S/C25H24N6O2S/c1-32-17-7-5-16(6-8-17)26-12-18-11-22-24(34-18)14-27-25(29-22)31-9-10-33-23(15-31)19-3-2-4-21-20(19)13-28-30-21/h2-8,11,13-14,23,26H,9-10,12,15H2,1H3,(H,28,30). The number of aromatic amines is 1. The minimum absolute atomic E-state index is 0.0546. The summed E-state index contributed by atoms with van der Waals surface area (Å²) in [6, 6.07) is 16.3. The van der Waals surface area contributed by atoms with Crippen LogP contribution in [0, 0.1) is 0 Å². The van der Waals surface area contributed by atoms with Crippen molar-refractivity contribution in [2.24, 2.45) is 0 Å². The van der Waals surface area contributed by atoms with Gasteiger partial charge in [0.1, 0.15) is 11.9 Å². The molecule has 1 aliphatic rings. The van der Waals surface area contributed by atoms with E-state index in [1.807, 2.05) is 48.8 Å². The van der Waals surface area contributed by atoms with E-state index < -0.39 is 0 Å². The Morgan fingerprint density at radius 2 is 2.12 bits per heavy atom. The summed E-state index contributed by atoms with van der Waals surface area (Å²) in [4.78, 5) is 13.0. The van der Waals surface area contributed by atoms with Gasteiger partial charge in [0.2, 0.25) is 5.95 Å². The Morgan fingerprint density at radius 3 is 3.00 bits per heavy atom. The summed E-state index contributed by atoms with van der Waals surface area (Å²) in [5.41, 5.74) is 4.18. The summed E-state index contributed by atoms with van der Waals surface area (Å²) in [5.74, 6) is 1.59. The van der Waals surface area contributed by atoms with Gasteiger partial charge in [0, 0.05) is 29.0 Å². The van der Waals surface area contributed by atoms with E-state index in [1.165, 1.54) is 4.88 Å². The lowest BCUT2D eigenvalue weighted by molar-refractivity contribution is 0.0402. The molecule has 3 aromatic heterocycles. The molecule has 0 spiro atoms. The van der Waals surface area contributed by atoms with Crippen molar-refractivity contribution in [3.05, 3.63) is 71.4 Å². The van der Waals surface area contributed by atoms with Crippen molar-refractivity contribution >= 4 is 44.1 Å². The van der Waals surface area contributed by atoms with Gasteiger partial charge in [-0.05, 0) is 42.0 Å². The minimum Gasteiger partial charge on any atom is -0.497 e. The highest BCUT2D eigenvalue weighted by molar-refractivity contribution is 7.19. The molecule has 1 fully saturated rings. The zero-order valence-corrected chi connectivity index (χ0v) is 19.5. The summed E-state index contributed by atoms with van der Waals surface area (Å²) in [7, 11) is 1.67. The van der Waals surface area contributed by atoms with E-state index in [-0.39, 0.29) is 6.10 Å². The van der Waals surface area contributed by atoms with E-state index in [9.17, 15) is 0 Å². The van der Waals surface area contributed by atoms with Crippen molar-refractivity contribution in [1.82, 2.24) is 20.2 Å². The molecule has 9 heteroatoms. The zero-order valence-electron chi connectivity index (χ0n) is 18.7. The first-order chi connectivity index (χ1) is 16.8. The molecular formula is C25H24N6O2S. The maximum Gasteiger partial charge on any atom is 0.226 e. The largest absolute Gasteiger partial charge is 0.497 e. The monoisotopic (exact) mass is 472 g/mol. The Morgan fingerprint density at radius 1 is 1.21 bits per heavy atom. The number of hydrogen-bond donors (Lipinski definition) is 2. The molecule has 0 radical (unpaired) electrons. The molecule has 6 rings (SSSR count). The van der Waals surface area contributed by atoms with Crippen molar-refractivity contribution in [1.29, 1.82) is 0 Å². The Kier molecular flexibility index (Phi) is 5.48. The highest BCUT2D eigenvalue weighted by Gasteiger charge is 2.25. The average Bonchev–Trinajstić information content (AvgIpc) is 3.54. The fourth-order valence-electron chi connectivity index (χ4n) is 4.31. The van der Waals surface area contributed by atoms with Crippen LogP contribution >= 0.6 is 11.3 Å². The van der Waals surface area contributed by atoms with Crippen molar-refractivity contribution in [2.75, 3.05) is 37.0 Å². The SMILES string of the molecule is COc1ccc(NCc2cc3nc(N4CCOC(c5cccc6[nH]ncc56)C4)ncc3s2)cc1. The second-order valence-electron chi connectivity index (χ2n) is 8.20. The molecular weight excluding hydrogens is 448 g/mol. The first-order valence-electron chi connectivity index (χ1n) is 11.2. The Hall–Kier alpha value is -3.69. The van der Waals surface area contributed by atoms with Crippen LogP contribution < -0.4 is 15.0 Å². The number of methoxy groups -OCH3 is 1. The predicted octanol–water partition coefficient (Wildman–Crippen LogP) is 4.77. The number of thiophene rings is 1. The van der Waals surface area contributed by atoms with E-state index in [2.05, 4.69) is 37.5 Å². The van der Waals surface area contributed by atoms with Gasteiger partial charge in [0.25, 0.3) is 0 Å². The van der Waals surface area contributed by atoms with Crippen molar-refractivity contribution < 1.29 is 9.47 Å². The minimum atomic E-state index is -0.0546. The molecule has 4 heterocycles. The number of H-pyrrole nitrogens is 1. The average molecular weight is 473 g/mol. The lowest BCUT2D eigenvalue weighted by atomic mass is 10.0. The number of morpholine rings is 1. The third-order valence-electron chi connectivity index (χ3n) is 6.08. The van der Waals surface area contributed by atoms with Crippen LogP contribution in [0.15, 0.2) is 60.9 Å². The van der Waals surface area contributed by atoms with Gasteiger partial charge in [-0.2, -0.15) is 5.10 Å². The molecule has 1 unspecified atom stereocenters. The van der Waals surface area contributed by atoms with E-state index in [0.29, 0.717) is 13.2 Å². The summed E-state index contributed by atoms with van der Waals surface area (Å²) in [5, 5.41) is 11.8. The number of benzene rings is 2. The Labute approximate surface area is 200 Å². The topological polar surface area (TPSA) is 88.2 Å². The molecule has 0 saturated carbocycles. The number of anilines is 2. The molecule has 8 nitrogen and oxygen atoms in total. The van der Waals surface area contributed by atoms with Gasteiger partial charge in [0.15, 0.2) is 0 Å². The second kappa shape index (κ2) is 8.92. The van der Waals surface area contributed by atoms with Crippen LogP contribution in [0.25, 0.3) is 21.1 Å². The fourth-order valence-corrected chi connectivity index (χ4v) is 5.22. The molecule has 0 bridgehead atoms. The number of rotatable bonds is 6. The predicted molar refractivity (Wildman–Crippen MR) is 135 cm³/mol. The number of nitrogens with zero attached hydrogens (tertiary/aromatic N) is 4. The van der Waals surface area contributed by atoms with Crippen LogP contribution in [0.1, 0.15) is 16.5 Å². The van der Waals surface area contributed by atoms with E-state index in [4.69, 9.17) is 14.5 Å². The molecule has 1 saturated heterocycles. The number of nitrogens with one attached hydrogen (secondary N) is 2. The molecule has 0 aliphatic carbocycles. The van der Waals surface area contributed by atoms with E-state index in [1.54, 1.807) is 18.4 Å². The van der Waals surface area contributed by atoms with Crippen molar-refractivity contribution in [2.45, 2.75) is 12.6 Å². The molecule has 0 amide bonds. The molecule has 2 aromatic carbocycles. The summed E-state index contributed by atoms with van der Waals surface area (Å²) >= 11 is 1.71. The second-order valence-corrected chi connectivity index (χ2v) is 9.37. The highest BCUT2D eigenvalue weighted by atomic mass is 32.1. The fraction of sp³-hybridized carbons (Fsp3) is 0.240. The molecule has 2 N–H and O–H groups in total. The molecule has 172 valence electrons. The molecule has 5 aromatic rings. The van der Waals surface area contributed by atoms with E-state index in [0.717, 1.165) is 57.2 Å². The van der Waals surface area contributed by atoms with Crippen LogP contribution in [-0.4, -0.2) is 47.0 Å². The Balaban J connectivity index is 1.18. The molecule has 34 heavy (non-hydrogen) atoms. The summed E-state index contributed by atoms with van der Waals surface area (Å²) in [6.07, 6.45) is 3.74. The summed E-state index contributed by atoms with van der Waals surface area (Å²) < 4.78 is 12.4. The van der Waals surface area contributed by atoms with Crippen molar-refractivity contribution in [3.8, 4) is 5.75 Å². The number of ether oxygens (including phenoxy) is 2. The lowest BCUT2D eigenvalue weighted by Gasteiger charge is -2.33. The van der Waals surface area contributed by atoms with Crippen LogP contribution in [0.2, 0.25) is 0 Å². The van der Waals surface area contributed by atoms with Crippen LogP contribution in [0.4, 0.5) is 11.6 Å². The van der Waals surface area contributed by atoms with Gasteiger partial charge in [0.05, 0.1) is 48.4 Å². The first-order valence-corrected chi connectivity index (χ1v) is 12.0. The number of hydrogen-bond acceptors (Lipinski definition) is 8. The zero-order chi connectivity index (χ0) is 22.9. The molecule has 1 atom stereocenters. The Bertz CT molecular complexity index is 1430. The quantitative estimate of drug-likeness (QED) is 0.368. The van der Waals surface area contributed by atoms with Crippen LogP contribution in [-0.2, 0) is 11.3 Å². The highest BCUT2D eigenvalue weighted by Crippen LogP contribution is 2.31. The molecule has 1 aliphatic heterocycles.